The molecule has 2 aromatic rings. The largest absolute Gasteiger partial charge is 0.477 e. The minimum absolute atomic E-state index is 0.0252. The summed E-state index contributed by atoms with van der Waals surface area (Å²) in [6.07, 6.45) is 0. The van der Waals surface area contributed by atoms with Crippen LogP contribution in [0.1, 0.15) is 33.9 Å². The number of pyridine rings is 1. The zero-order valence-electron chi connectivity index (χ0n) is 10.5. The highest BCUT2D eigenvalue weighted by molar-refractivity contribution is 6.38. The third-order valence-electron chi connectivity index (χ3n) is 2.99. The van der Waals surface area contributed by atoms with Crippen LogP contribution in [0.4, 0.5) is 0 Å². The van der Waals surface area contributed by atoms with Gasteiger partial charge >= 0.3 is 11.9 Å². The second kappa shape index (κ2) is 5.10. The lowest BCUT2D eigenvalue weighted by Gasteiger charge is -2.14. The molecule has 0 spiro atoms. The van der Waals surface area contributed by atoms with Gasteiger partial charge in [-0.3, -0.25) is 0 Å². The highest BCUT2D eigenvalue weighted by Gasteiger charge is 2.25. The maximum absolute atomic E-state index is 11.4. The molecule has 8 heteroatoms. The molecule has 0 saturated heterocycles. The molecule has 106 valence electrons. The number of hydrogen-bond donors (Lipinski definition) is 3. The molecule has 1 unspecified atom stereocenters. The Morgan fingerprint density at radius 1 is 1.40 bits per heavy atom. The van der Waals surface area contributed by atoms with Crippen LogP contribution < -0.4 is 5.73 Å². The molecule has 2 rings (SSSR count). The minimum atomic E-state index is -1.22. The van der Waals surface area contributed by atoms with E-state index in [0.29, 0.717) is 5.39 Å². The molecular formula is C12H12ClN3O4. The van der Waals surface area contributed by atoms with Crippen LogP contribution in [-0.4, -0.2) is 38.2 Å². The van der Waals surface area contributed by atoms with Gasteiger partial charge in [-0.15, -0.1) is 0 Å². The lowest BCUT2D eigenvalue weighted by atomic mass is 10.3. The van der Waals surface area contributed by atoms with E-state index in [0.717, 1.165) is 0 Å². The van der Waals surface area contributed by atoms with Gasteiger partial charge in [0.15, 0.2) is 5.69 Å². The van der Waals surface area contributed by atoms with Crippen molar-refractivity contribution < 1.29 is 19.8 Å². The summed E-state index contributed by atoms with van der Waals surface area (Å²) in [7, 11) is 0. The van der Waals surface area contributed by atoms with Crippen LogP contribution in [0.5, 0.6) is 0 Å². The Balaban J connectivity index is 2.88. The first-order valence-corrected chi connectivity index (χ1v) is 6.13. The Kier molecular flexibility index (Phi) is 3.65. The predicted octanol–water partition coefficient (Wildman–Crippen LogP) is 1.61. The van der Waals surface area contributed by atoms with Crippen LogP contribution in [0.15, 0.2) is 12.1 Å². The molecule has 0 radical (unpaired) electrons. The Bertz CT molecular complexity index is 710. The topological polar surface area (TPSA) is 118 Å². The van der Waals surface area contributed by atoms with Crippen LogP contribution in [-0.2, 0) is 0 Å². The zero-order valence-corrected chi connectivity index (χ0v) is 11.3. The van der Waals surface area contributed by atoms with E-state index in [2.05, 4.69) is 4.98 Å². The van der Waals surface area contributed by atoms with Crippen molar-refractivity contribution in [1.29, 1.82) is 0 Å². The number of carbonyl (C=O) groups is 2. The summed E-state index contributed by atoms with van der Waals surface area (Å²) in [6, 6.07) is 2.34. The van der Waals surface area contributed by atoms with Gasteiger partial charge in [-0.2, -0.15) is 0 Å². The first-order chi connectivity index (χ1) is 9.38. The first-order valence-electron chi connectivity index (χ1n) is 5.75. The summed E-state index contributed by atoms with van der Waals surface area (Å²) < 4.78 is 1.35. The minimum Gasteiger partial charge on any atom is -0.477 e. The number of nitrogens with zero attached hydrogens (tertiary/aromatic N) is 2. The average Bonchev–Trinajstić information content (AvgIpc) is 2.70. The number of carboxylic acid groups (broad SMARTS) is 2. The highest BCUT2D eigenvalue weighted by Crippen LogP contribution is 2.32. The van der Waals surface area contributed by atoms with Gasteiger partial charge in [0, 0.05) is 18.0 Å². The van der Waals surface area contributed by atoms with Gasteiger partial charge in [-0.25, -0.2) is 14.6 Å². The lowest BCUT2D eigenvalue weighted by Crippen LogP contribution is -2.20. The van der Waals surface area contributed by atoms with Crippen molar-refractivity contribution in [2.75, 3.05) is 6.54 Å². The third kappa shape index (κ3) is 2.10. The van der Waals surface area contributed by atoms with E-state index in [1.54, 1.807) is 6.92 Å². The van der Waals surface area contributed by atoms with E-state index in [-0.39, 0.29) is 34.6 Å². The third-order valence-corrected chi connectivity index (χ3v) is 3.37. The average molecular weight is 298 g/mol. The summed E-state index contributed by atoms with van der Waals surface area (Å²) in [4.78, 5) is 26.3. The molecule has 7 nitrogen and oxygen atoms in total. The molecule has 0 fully saturated rings. The summed E-state index contributed by atoms with van der Waals surface area (Å²) in [5, 5.41) is 18.7. The number of halogens is 1. The standard InChI is InChI=1S/C12H12ClN3O4/c1-5(4-14)16-9(12(19)20)8(13)6-2-3-7(11(17)18)15-10(6)16/h2-3,5H,4,14H2,1H3,(H,17,18)(H,19,20). The highest BCUT2D eigenvalue weighted by atomic mass is 35.5. The van der Waals surface area contributed by atoms with Gasteiger partial charge < -0.3 is 20.5 Å². The Morgan fingerprint density at radius 2 is 2.05 bits per heavy atom. The number of aromatic carboxylic acids is 2. The van der Waals surface area contributed by atoms with Crippen LogP contribution in [0.25, 0.3) is 11.0 Å². The summed E-state index contributed by atoms with van der Waals surface area (Å²) in [5.41, 5.74) is 5.44. The first kappa shape index (κ1) is 14.3. The molecule has 0 bridgehead atoms. The normalized spacial score (nSPS) is 12.6. The lowest BCUT2D eigenvalue weighted by molar-refractivity contribution is 0.0678. The number of rotatable bonds is 4. The maximum atomic E-state index is 11.4. The van der Waals surface area contributed by atoms with Gasteiger partial charge in [0.2, 0.25) is 0 Å². The van der Waals surface area contributed by atoms with Crippen molar-refractivity contribution >= 4 is 34.6 Å². The molecule has 4 N–H and O–H groups in total. The number of aromatic nitrogens is 2. The summed E-state index contributed by atoms with van der Waals surface area (Å²) in [5.74, 6) is -2.42. The van der Waals surface area contributed by atoms with E-state index in [4.69, 9.17) is 22.4 Å². The monoisotopic (exact) mass is 297 g/mol. The molecule has 0 aliphatic carbocycles. The molecule has 0 amide bonds. The van der Waals surface area contributed by atoms with Gasteiger partial charge in [-0.1, -0.05) is 11.6 Å². The Morgan fingerprint density at radius 3 is 2.55 bits per heavy atom. The van der Waals surface area contributed by atoms with Crippen molar-refractivity contribution in [3.8, 4) is 0 Å². The second-order valence-electron chi connectivity index (χ2n) is 4.30. The predicted molar refractivity (Wildman–Crippen MR) is 72.4 cm³/mol. The van der Waals surface area contributed by atoms with Crippen molar-refractivity contribution in [2.24, 2.45) is 5.73 Å². The van der Waals surface area contributed by atoms with Crippen molar-refractivity contribution in [3.05, 3.63) is 28.5 Å². The van der Waals surface area contributed by atoms with Crippen LogP contribution in [0, 0.1) is 0 Å². The summed E-state index contributed by atoms with van der Waals surface area (Å²) in [6.45, 7) is 1.87. The number of nitrogens with two attached hydrogens (primary N) is 1. The smallest absolute Gasteiger partial charge is 0.354 e. The Hall–Kier alpha value is -2.12. The SMILES string of the molecule is CC(CN)n1c(C(=O)O)c(Cl)c2ccc(C(=O)O)nc21. The van der Waals surface area contributed by atoms with Crippen molar-refractivity contribution in [2.45, 2.75) is 13.0 Å². The molecular weight excluding hydrogens is 286 g/mol. The summed E-state index contributed by atoms with van der Waals surface area (Å²) >= 11 is 6.06. The van der Waals surface area contributed by atoms with Crippen LogP contribution in [0.3, 0.4) is 0 Å². The molecule has 0 saturated carbocycles. The van der Waals surface area contributed by atoms with Gasteiger partial charge in [-0.05, 0) is 19.1 Å². The van der Waals surface area contributed by atoms with E-state index < -0.39 is 11.9 Å². The molecule has 0 aliphatic heterocycles. The fourth-order valence-electron chi connectivity index (χ4n) is 1.99. The number of carboxylic acids is 2. The molecule has 0 aromatic carbocycles. The van der Waals surface area contributed by atoms with E-state index >= 15 is 0 Å². The van der Waals surface area contributed by atoms with Crippen LogP contribution >= 0.6 is 11.6 Å². The fourth-order valence-corrected chi connectivity index (χ4v) is 2.31. The second-order valence-corrected chi connectivity index (χ2v) is 4.67. The van der Waals surface area contributed by atoms with Crippen molar-refractivity contribution in [3.63, 3.8) is 0 Å². The molecule has 2 heterocycles. The number of hydrogen-bond acceptors (Lipinski definition) is 4. The van der Waals surface area contributed by atoms with E-state index in [9.17, 15) is 14.7 Å². The molecule has 1 atom stereocenters. The van der Waals surface area contributed by atoms with Crippen molar-refractivity contribution in [1.82, 2.24) is 9.55 Å². The van der Waals surface area contributed by atoms with Gasteiger partial charge in [0.1, 0.15) is 11.3 Å². The Labute approximate surface area is 118 Å². The van der Waals surface area contributed by atoms with Crippen LogP contribution in [0.2, 0.25) is 5.02 Å². The molecule has 0 aliphatic rings. The fraction of sp³-hybridized carbons (Fsp3) is 0.250. The van der Waals surface area contributed by atoms with E-state index in [1.165, 1.54) is 16.7 Å². The number of fused-ring (bicyclic) bond motifs is 1. The molecule has 2 aromatic heterocycles. The van der Waals surface area contributed by atoms with Gasteiger partial charge in [0.25, 0.3) is 0 Å². The zero-order chi connectivity index (χ0) is 15.0. The molecule has 20 heavy (non-hydrogen) atoms. The van der Waals surface area contributed by atoms with E-state index in [1.807, 2.05) is 0 Å². The quantitative estimate of drug-likeness (QED) is 0.789. The van der Waals surface area contributed by atoms with Gasteiger partial charge in [0.05, 0.1) is 5.02 Å². The maximum Gasteiger partial charge on any atom is 0.354 e.